The number of rotatable bonds is 3. The number of pyridine rings is 1. The van der Waals surface area contributed by atoms with Gasteiger partial charge in [-0.05, 0) is 48.2 Å². The van der Waals surface area contributed by atoms with Gasteiger partial charge in [-0.15, -0.1) is 0 Å². The smallest absolute Gasteiger partial charge is 0.254 e. The number of hydrogen-bond donors (Lipinski definition) is 1. The second kappa shape index (κ2) is 6.83. The van der Waals surface area contributed by atoms with Crippen LogP contribution in [0.15, 0.2) is 48.8 Å². The van der Waals surface area contributed by atoms with Crippen molar-refractivity contribution in [2.75, 3.05) is 11.9 Å². The molecule has 1 aliphatic heterocycles. The second-order valence-electron chi connectivity index (χ2n) is 6.36. The molecule has 0 radical (unpaired) electrons. The Kier molecular flexibility index (Phi) is 4.60. The first-order valence-electron chi connectivity index (χ1n) is 8.13. The van der Waals surface area contributed by atoms with Gasteiger partial charge < -0.3 is 10.2 Å². The third-order valence-corrected chi connectivity index (χ3v) is 4.29. The highest BCUT2D eigenvalue weighted by molar-refractivity contribution is 5.96. The number of carbonyl (C=O) groups is 2. The number of hydrogen-bond acceptors (Lipinski definition) is 3. The van der Waals surface area contributed by atoms with Crippen LogP contribution in [-0.2, 0) is 4.79 Å². The van der Waals surface area contributed by atoms with Gasteiger partial charge in [0, 0.05) is 37.1 Å². The molecule has 0 saturated carbocycles. The fraction of sp³-hybridized carbons (Fsp3) is 0.316. The Hall–Kier alpha value is -2.69. The summed E-state index contributed by atoms with van der Waals surface area (Å²) in [5, 5.41) is 2.71. The van der Waals surface area contributed by atoms with E-state index in [1.165, 1.54) is 6.92 Å². The summed E-state index contributed by atoms with van der Waals surface area (Å²) in [5.41, 5.74) is 2.40. The van der Waals surface area contributed by atoms with E-state index in [0.29, 0.717) is 17.2 Å². The van der Waals surface area contributed by atoms with Crippen LogP contribution in [0.5, 0.6) is 0 Å². The van der Waals surface area contributed by atoms with Gasteiger partial charge in [0.1, 0.15) is 0 Å². The third-order valence-electron chi connectivity index (χ3n) is 4.29. The minimum Gasteiger partial charge on any atom is -0.331 e. The van der Waals surface area contributed by atoms with Crippen LogP contribution in [0.1, 0.15) is 42.2 Å². The molecule has 5 nitrogen and oxygen atoms in total. The summed E-state index contributed by atoms with van der Waals surface area (Å²) in [5.74, 6) is 0.347. The van der Waals surface area contributed by atoms with Gasteiger partial charge in [-0.25, -0.2) is 0 Å². The van der Waals surface area contributed by atoms with Crippen molar-refractivity contribution < 1.29 is 9.59 Å². The van der Waals surface area contributed by atoms with Crippen molar-refractivity contribution in [1.29, 1.82) is 0 Å². The van der Waals surface area contributed by atoms with Crippen molar-refractivity contribution in [3.05, 3.63) is 59.9 Å². The maximum Gasteiger partial charge on any atom is 0.254 e. The zero-order valence-corrected chi connectivity index (χ0v) is 13.9. The van der Waals surface area contributed by atoms with Gasteiger partial charge in [0.05, 0.1) is 6.04 Å². The molecule has 1 aromatic carbocycles. The summed E-state index contributed by atoms with van der Waals surface area (Å²) < 4.78 is 0. The lowest BCUT2D eigenvalue weighted by molar-refractivity contribution is -0.114. The molecule has 1 saturated heterocycles. The van der Waals surface area contributed by atoms with Crippen molar-refractivity contribution in [2.24, 2.45) is 5.92 Å². The van der Waals surface area contributed by atoms with Gasteiger partial charge in [-0.3, -0.25) is 14.6 Å². The van der Waals surface area contributed by atoms with Crippen LogP contribution in [0.3, 0.4) is 0 Å². The lowest BCUT2D eigenvalue weighted by Gasteiger charge is -2.25. The van der Waals surface area contributed by atoms with Gasteiger partial charge in [0.15, 0.2) is 0 Å². The number of anilines is 1. The van der Waals surface area contributed by atoms with E-state index in [1.807, 2.05) is 23.2 Å². The van der Waals surface area contributed by atoms with E-state index in [-0.39, 0.29) is 17.9 Å². The Balaban J connectivity index is 1.81. The predicted octanol–water partition coefficient (Wildman–Crippen LogP) is 3.26. The molecule has 0 spiro atoms. The van der Waals surface area contributed by atoms with Crippen molar-refractivity contribution in [2.45, 2.75) is 26.3 Å². The maximum absolute atomic E-state index is 12.9. The van der Waals surface area contributed by atoms with Crippen LogP contribution < -0.4 is 5.32 Å². The van der Waals surface area contributed by atoms with Crippen LogP contribution in [-0.4, -0.2) is 28.2 Å². The molecule has 5 heteroatoms. The fourth-order valence-corrected chi connectivity index (χ4v) is 3.22. The van der Waals surface area contributed by atoms with Gasteiger partial charge in [0.2, 0.25) is 5.91 Å². The minimum atomic E-state index is -0.126. The Bertz CT molecular complexity index is 728. The summed E-state index contributed by atoms with van der Waals surface area (Å²) in [6, 6.07) is 11.0. The molecule has 2 aromatic rings. The fourth-order valence-electron chi connectivity index (χ4n) is 3.22. The van der Waals surface area contributed by atoms with E-state index < -0.39 is 0 Å². The molecule has 124 valence electrons. The van der Waals surface area contributed by atoms with Crippen LogP contribution in [0.25, 0.3) is 0 Å². The van der Waals surface area contributed by atoms with Gasteiger partial charge >= 0.3 is 0 Å². The van der Waals surface area contributed by atoms with Crippen molar-refractivity contribution in [3.63, 3.8) is 0 Å². The van der Waals surface area contributed by atoms with Gasteiger partial charge in [-0.1, -0.05) is 13.0 Å². The zero-order valence-electron chi connectivity index (χ0n) is 13.9. The summed E-state index contributed by atoms with van der Waals surface area (Å²) in [7, 11) is 0. The highest BCUT2D eigenvalue weighted by Gasteiger charge is 2.34. The van der Waals surface area contributed by atoms with Crippen LogP contribution >= 0.6 is 0 Å². The lowest BCUT2D eigenvalue weighted by atomic mass is 10.0. The Morgan fingerprint density at radius 3 is 2.58 bits per heavy atom. The molecule has 1 aliphatic rings. The number of benzene rings is 1. The number of likely N-dealkylation sites (tertiary alicyclic amines) is 1. The number of nitrogens with one attached hydrogen (secondary N) is 1. The van der Waals surface area contributed by atoms with Crippen LogP contribution in [0.4, 0.5) is 5.69 Å². The topological polar surface area (TPSA) is 62.3 Å². The molecule has 24 heavy (non-hydrogen) atoms. The summed E-state index contributed by atoms with van der Waals surface area (Å²) in [6.07, 6.45) is 4.53. The molecular formula is C19H21N3O2. The standard InChI is InChI=1S/C19H21N3O2/c1-13-10-18(16-4-3-9-20-11-16)22(12-13)19(24)15-5-7-17(8-6-15)21-14(2)23/h3-9,11,13,18H,10,12H2,1-2H3,(H,21,23). The molecule has 0 bridgehead atoms. The van der Waals surface area contributed by atoms with E-state index in [1.54, 1.807) is 30.5 Å². The highest BCUT2D eigenvalue weighted by atomic mass is 16.2. The molecule has 1 N–H and O–H groups in total. The summed E-state index contributed by atoms with van der Waals surface area (Å²) >= 11 is 0. The summed E-state index contributed by atoms with van der Waals surface area (Å²) in [4.78, 5) is 30.1. The first kappa shape index (κ1) is 16.2. The van der Waals surface area contributed by atoms with E-state index in [9.17, 15) is 9.59 Å². The Morgan fingerprint density at radius 2 is 1.96 bits per heavy atom. The van der Waals surface area contributed by atoms with E-state index in [4.69, 9.17) is 0 Å². The van der Waals surface area contributed by atoms with E-state index in [2.05, 4.69) is 17.2 Å². The van der Waals surface area contributed by atoms with Crippen LogP contribution in [0.2, 0.25) is 0 Å². The number of amides is 2. The molecule has 1 fully saturated rings. The first-order chi connectivity index (χ1) is 11.5. The largest absolute Gasteiger partial charge is 0.331 e. The number of nitrogens with zero attached hydrogens (tertiary/aromatic N) is 2. The number of aromatic nitrogens is 1. The SMILES string of the molecule is CC(=O)Nc1ccc(C(=O)N2CC(C)CC2c2cccnc2)cc1. The molecule has 3 rings (SSSR count). The van der Waals surface area contributed by atoms with Crippen LogP contribution in [0, 0.1) is 5.92 Å². The average Bonchev–Trinajstić information content (AvgIpc) is 2.97. The monoisotopic (exact) mass is 323 g/mol. The third kappa shape index (κ3) is 3.45. The molecular weight excluding hydrogens is 302 g/mol. The lowest BCUT2D eigenvalue weighted by Crippen LogP contribution is -2.31. The maximum atomic E-state index is 12.9. The molecule has 1 aromatic heterocycles. The first-order valence-corrected chi connectivity index (χ1v) is 8.13. The Morgan fingerprint density at radius 1 is 1.21 bits per heavy atom. The highest BCUT2D eigenvalue weighted by Crippen LogP contribution is 2.35. The second-order valence-corrected chi connectivity index (χ2v) is 6.36. The molecule has 0 aliphatic carbocycles. The van der Waals surface area contributed by atoms with Gasteiger partial charge in [0.25, 0.3) is 5.91 Å². The zero-order chi connectivity index (χ0) is 17.1. The van der Waals surface area contributed by atoms with E-state index >= 15 is 0 Å². The Labute approximate surface area is 141 Å². The van der Waals surface area contributed by atoms with Crippen molar-refractivity contribution >= 4 is 17.5 Å². The predicted molar refractivity (Wildman–Crippen MR) is 92.5 cm³/mol. The number of carbonyl (C=O) groups excluding carboxylic acids is 2. The molecule has 2 heterocycles. The summed E-state index contributed by atoms with van der Waals surface area (Å²) in [6.45, 7) is 4.37. The minimum absolute atomic E-state index is 0.0163. The quantitative estimate of drug-likeness (QED) is 0.943. The van der Waals surface area contributed by atoms with Gasteiger partial charge in [-0.2, -0.15) is 0 Å². The van der Waals surface area contributed by atoms with Crippen molar-refractivity contribution in [1.82, 2.24) is 9.88 Å². The molecule has 2 unspecified atom stereocenters. The molecule has 2 amide bonds. The molecule has 2 atom stereocenters. The van der Waals surface area contributed by atoms with E-state index in [0.717, 1.165) is 18.5 Å². The van der Waals surface area contributed by atoms with Crippen molar-refractivity contribution in [3.8, 4) is 0 Å². The average molecular weight is 323 g/mol. The normalized spacial score (nSPS) is 20.0.